The molecule has 0 aliphatic carbocycles. The molecule has 0 saturated heterocycles. The van der Waals surface area contributed by atoms with Gasteiger partial charge in [-0.1, -0.05) is 61.5 Å². The van der Waals surface area contributed by atoms with Crippen LogP contribution in [0, 0.1) is 5.92 Å². The van der Waals surface area contributed by atoms with E-state index in [1.165, 1.54) is 16.7 Å². The molecular formula is C22H29NO3. The molecule has 0 aliphatic rings. The van der Waals surface area contributed by atoms with Crippen molar-refractivity contribution in [3.63, 3.8) is 0 Å². The van der Waals surface area contributed by atoms with Crippen LogP contribution in [0.25, 0.3) is 11.1 Å². The Balaban J connectivity index is 1.83. The molecule has 2 aromatic rings. The van der Waals surface area contributed by atoms with Gasteiger partial charge in [-0.05, 0) is 42.4 Å². The summed E-state index contributed by atoms with van der Waals surface area (Å²) >= 11 is 0. The Morgan fingerprint density at radius 1 is 0.962 bits per heavy atom. The summed E-state index contributed by atoms with van der Waals surface area (Å²) in [4.78, 5) is 12.2. The summed E-state index contributed by atoms with van der Waals surface area (Å²) in [6.45, 7) is 1.50. The van der Waals surface area contributed by atoms with E-state index in [0.717, 1.165) is 25.7 Å². The summed E-state index contributed by atoms with van der Waals surface area (Å²) in [7, 11) is 0. The third-order valence-corrected chi connectivity index (χ3v) is 4.73. The summed E-state index contributed by atoms with van der Waals surface area (Å²) < 4.78 is 0. The lowest BCUT2D eigenvalue weighted by Gasteiger charge is -2.19. The number of rotatable bonds is 10. The van der Waals surface area contributed by atoms with Crippen LogP contribution in [-0.4, -0.2) is 35.4 Å². The van der Waals surface area contributed by atoms with Crippen LogP contribution in [0.1, 0.15) is 31.7 Å². The van der Waals surface area contributed by atoms with Gasteiger partial charge in [0.2, 0.25) is 5.91 Å². The van der Waals surface area contributed by atoms with Crippen molar-refractivity contribution in [1.29, 1.82) is 0 Å². The van der Waals surface area contributed by atoms with Gasteiger partial charge in [-0.15, -0.1) is 0 Å². The maximum absolute atomic E-state index is 12.2. The van der Waals surface area contributed by atoms with E-state index in [0.29, 0.717) is 0 Å². The van der Waals surface area contributed by atoms with Gasteiger partial charge in [0.25, 0.3) is 0 Å². The van der Waals surface area contributed by atoms with Crippen molar-refractivity contribution >= 4 is 5.91 Å². The molecule has 1 atom stereocenters. The lowest BCUT2D eigenvalue weighted by molar-refractivity contribution is -0.126. The molecule has 1 amide bonds. The molecule has 140 valence electrons. The van der Waals surface area contributed by atoms with Crippen molar-refractivity contribution < 1.29 is 15.0 Å². The minimum atomic E-state index is -0.568. The van der Waals surface area contributed by atoms with Gasteiger partial charge in [0.15, 0.2) is 0 Å². The minimum Gasteiger partial charge on any atom is -0.394 e. The molecule has 0 fully saturated rings. The van der Waals surface area contributed by atoms with Crippen molar-refractivity contribution in [3.8, 4) is 11.1 Å². The molecular weight excluding hydrogens is 326 g/mol. The fourth-order valence-electron chi connectivity index (χ4n) is 3.04. The first-order valence-corrected chi connectivity index (χ1v) is 9.34. The van der Waals surface area contributed by atoms with Gasteiger partial charge in [0.1, 0.15) is 0 Å². The Morgan fingerprint density at radius 2 is 1.58 bits per heavy atom. The molecule has 0 unspecified atom stereocenters. The van der Waals surface area contributed by atoms with Gasteiger partial charge in [-0.2, -0.15) is 0 Å². The highest BCUT2D eigenvalue weighted by Gasteiger charge is 2.19. The number of hydrogen-bond acceptors (Lipinski definition) is 3. The second-order valence-corrected chi connectivity index (χ2v) is 6.63. The Hall–Kier alpha value is -2.17. The molecule has 2 aromatic carbocycles. The number of benzene rings is 2. The number of amides is 1. The number of aryl methyl sites for hydroxylation is 1. The zero-order valence-corrected chi connectivity index (χ0v) is 15.4. The predicted octanol–water partition coefficient (Wildman–Crippen LogP) is 3.17. The molecule has 0 aliphatic heterocycles. The van der Waals surface area contributed by atoms with E-state index in [-0.39, 0.29) is 25.0 Å². The van der Waals surface area contributed by atoms with E-state index >= 15 is 0 Å². The van der Waals surface area contributed by atoms with Crippen LogP contribution < -0.4 is 5.32 Å². The van der Waals surface area contributed by atoms with Gasteiger partial charge >= 0.3 is 0 Å². The molecule has 4 heteroatoms. The molecule has 0 aromatic heterocycles. The van der Waals surface area contributed by atoms with E-state index in [4.69, 9.17) is 10.2 Å². The maximum Gasteiger partial charge on any atom is 0.223 e. The van der Waals surface area contributed by atoms with Crippen molar-refractivity contribution in [2.24, 2.45) is 5.92 Å². The Morgan fingerprint density at radius 3 is 2.15 bits per heavy atom. The number of carbonyl (C=O) groups excluding carboxylic acids is 1. The molecule has 0 saturated carbocycles. The summed E-state index contributed by atoms with van der Waals surface area (Å²) in [6, 6.07) is 18.3. The van der Waals surface area contributed by atoms with Crippen molar-refractivity contribution in [3.05, 3.63) is 60.2 Å². The number of hydrogen-bond donors (Lipinski definition) is 3. The van der Waals surface area contributed by atoms with E-state index in [9.17, 15) is 4.79 Å². The zero-order valence-electron chi connectivity index (χ0n) is 15.4. The summed E-state index contributed by atoms with van der Waals surface area (Å²) in [6.07, 6.45) is 3.41. The largest absolute Gasteiger partial charge is 0.394 e. The highest BCUT2D eigenvalue weighted by molar-refractivity contribution is 5.78. The molecule has 3 N–H and O–H groups in total. The van der Waals surface area contributed by atoms with Gasteiger partial charge < -0.3 is 15.5 Å². The third-order valence-electron chi connectivity index (χ3n) is 4.73. The number of carbonyl (C=O) groups is 1. The Bertz CT molecular complexity index is 651. The van der Waals surface area contributed by atoms with E-state index in [1.54, 1.807) is 0 Å². The second kappa shape index (κ2) is 10.7. The van der Waals surface area contributed by atoms with Gasteiger partial charge in [-0.25, -0.2) is 0 Å². The Kier molecular flexibility index (Phi) is 8.32. The smallest absolute Gasteiger partial charge is 0.223 e. The van der Waals surface area contributed by atoms with Crippen LogP contribution in [0.5, 0.6) is 0 Å². The molecule has 0 spiro atoms. The molecule has 0 bridgehead atoms. The van der Waals surface area contributed by atoms with Gasteiger partial charge in [0.05, 0.1) is 19.3 Å². The second-order valence-electron chi connectivity index (χ2n) is 6.63. The minimum absolute atomic E-state index is 0.0833. The van der Waals surface area contributed by atoms with Gasteiger partial charge in [-0.3, -0.25) is 4.79 Å². The van der Waals surface area contributed by atoms with Crippen molar-refractivity contribution in [2.75, 3.05) is 13.2 Å². The van der Waals surface area contributed by atoms with Crippen LogP contribution in [0.15, 0.2) is 54.6 Å². The fraction of sp³-hybridized carbons (Fsp3) is 0.409. The van der Waals surface area contributed by atoms with Gasteiger partial charge in [0, 0.05) is 5.92 Å². The normalized spacial score (nSPS) is 12.2. The number of aliphatic hydroxyl groups excluding tert-OH is 2. The maximum atomic E-state index is 12.2. The van der Waals surface area contributed by atoms with Crippen LogP contribution in [0.2, 0.25) is 0 Å². The molecule has 0 heterocycles. The summed E-state index contributed by atoms with van der Waals surface area (Å²) in [5.74, 6) is -0.167. The van der Waals surface area contributed by atoms with Crippen LogP contribution in [-0.2, 0) is 11.2 Å². The zero-order chi connectivity index (χ0) is 18.8. The molecule has 2 rings (SSSR count). The highest BCUT2D eigenvalue weighted by Crippen LogP contribution is 2.20. The van der Waals surface area contributed by atoms with Crippen LogP contribution in [0.3, 0.4) is 0 Å². The average molecular weight is 355 g/mol. The predicted molar refractivity (Wildman–Crippen MR) is 105 cm³/mol. The quantitative estimate of drug-likeness (QED) is 0.613. The average Bonchev–Trinajstić information content (AvgIpc) is 2.70. The first-order valence-electron chi connectivity index (χ1n) is 9.34. The Labute approximate surface area is 155 Å². The molecule has 0 radical (unpaired) electrons. The van der Waals surface area contributed by atoms with Crippen LogP contribution >= 0.6 is 0 Å². The number of nitrogens with one attached hydrogen (secondary N) is 1. The summed E-state index contributed by atoms with van der Waals surface area (Å²) in [5, 5.41) is 20.9. The monoisotopic (exact) mass is 355 g/mol. The standard InChI is InChI=1S/C22H29NO3/c1-2-18(22(26)23-21(15-24)16-25)10-6-7-17-11-13-20(14-12-17)19-8-4-3-5-9-19/h3-5,8-9,11-14,18,21,24-25H,2,6-7,10,15-16H2,1H3,(H,23,26)/t18-/m1/s1. The first-order chi connectivity index (χ1) is 12.7. The lowest BCUT2D eigenvalue weighted by atomic mass is 9.95. The first kappa shape index (κ1) is 20.1. The lowest BCUT2D eigenvalue weighted by Crippen LogP contribution is -2.43. The molecule has 26 heavy (non-hydrogen) atoms. The highest BCUT2D eigenvalue weighted by atomic mass is 16.3. The third kappa shape index (κ3) is 5.97. The van der Waals surface area contributed by atoms with Crippen molar-refractivity contribution in [2.45, 2.75) is 38.6 Å². The van der Waals surface area contributed by atoms with E-state index < -0.39 is 6.04 Å². The number of aliphatic hydroxyl groups is 2. The molecule has 4 nitrogen and oxygen atoms in total. The topological polar surface area (TPSA) is 69.6 Å². The van der Waals surface area contributed by atoms with E-state index in [1.807, 2.05) is 25.1 Å². The SMILES string of the molecule is CC[C@H](CCCc1ccc(-c2ccccc2)cc1)C(=O)NC(CO)CO. The van der Waals surface area contributed by atoms with E-state index in [2.05, 4.69) is 41.7 Å². The summed E-state index contributed by atoms with van der Waals surface area (Å²) in [5.41, 5.74) is 3.69. The van der Waals surface area contributed by atoms with Crippen LogP contribution in [0.4, 0.5) is 0 Å². The fourth-order valence-corrected chi connectivity index (χ4v) is 3.04. The van der Waals surface area contributed by atoms with Crippen molar-refractivity contribution in [1.82, 2.24) is 5.32 Å².